The maximum absolute atomic E-state index is 14.4. The molecule has 0 aromatic heterocycles. The average Bonchev–Trinajstić information content (AvgIpc) is 3.23. The van der Waals surface area contributed by atoms with Crippen LogP contribution in [-0.2, 0) is 25.7 Å². The van der Waals surface area contributed by atoms with E-state index in [1.54, 1.807) is 9.80 Å². The Labute approximate surface area is 239 Å². The molecule has 1 unspecified atom stereocenters. The fourth-order valence-corrected chi connectivity index (χ4v) is 6.98. The Kier molecular flexibility index (Phi) is 6.95. The van der Waals surface area contributed by atoms with E-state index >= 15 is 0 Å². The first-order valence-corrected chi connectivity index (χ1v) is 14.2. The summed E-state index contributed by atoms with van der Waals surface area (Å²) in [5.41, 5.74) is -0.812. The largest absolute Gasteiger partial charge is 0.494 e. The zero-order valence-corrected chi connectivity index (χ0v) is 23.3. The number of hydrogen-bond acceptors (Lipinski definition) is 6. The molecule has 2 fully saturated rings. The Hall–Kier alpha value is -3.95. The Balaban J connectivity index is 1.39. The van der Waals surface area contributed by atoms with E-state index < -0.39 is 29.1 Å². The van der Waals surface area contributed by atoms with Crippen LogP contribution in [0.25, 0.3) is 0 Å². The highest BCUT2D eigenvalue weighted by atomic mass is 16.5. The number of β-amino-alcohol motifs (C(OH)–C–C–N with tert-alkyl or cyclic N) is 1. The molecule has 5 atom stereocenters. The van der Waals surface area contributed by atoms with Gasteiger partial charge < -0.3 is 29.3 Å². The zero-order chi connectivity index (χ0) is 28.8. The van der Waals surface area contributed by atoms with Gasteiger partial charge in [0.2, 0.25) is 17.7 Å². The molecule has 3 amide bonds. The molecule has 0 saturated carbocycles. The Morgan fingerprint density at radius 2 is 1.66 bits per heavy atom. The molecule has 1 N–H and O–H groups in total. The van der Waals surface area contributed by atoms with Crippen molar-refractivity contribution in [3.8, 4) is 5.75 Å². The van der Waals surface area contributed by atoms with E-state index in [4.69, 9.17) is 9.47 Å². The first-order valence-electron chi connectivity index (χ1n) is 14.2. The number of fused-ring (bicyclic) bond motifs is 2. The van der Waals surface area contributed by atoms with Crippen LogP contribution in [0, 0.1) is 11.8 Å². The van der Waals surface area contributed by atoms with E-state index in [0.29, 0.717) is 37.7 Å². The van der Waals surface area contributed by atoms with Gasteiger partial charge in [0.1, 0.15) is 17.4 Å². The predicted octanol–water partition coefficient (Wildman–Crippen LogP) is 2.55. The molecule has 1 spiro atoms. The number of carbonyl (C=O) groups excluding carboxylic acids is 3. The van der Waals surface area contributed by atoms with Crippen molar-refractivity contribution in [3.63, 3.8) is 0 Å². The summed E-state index contributed by atoms with van der Waals surface area (Å²) in [6.45, 7) is 4.96. The minimum Gasteiger partial charge on any atom is -0.494 e. The molecule has 0 bridgehead atoms. The van der Waals surface area contributed by atoms with Gasteiger partial charge in [-0.25, -0.2) is 0 Å². The van der Waals surface area contributed by atoms with E-state index in [-0.39, 0.29) is 30.9 Å². The maximum Gasteiger partial charge on any atom is 0.249 e. The molecule has 2 aromatic carbocycles. The fraction of sp³-hybridized carbons (Fsp3) is 0.406. The third-order valence-electron chi connectivity index (χ3n) is 8.66. The van der Waals surface area contributed by atoms with Crippen LogP contribution < -0.4 is 9.64 Å². The van der Waals surface area contributed by atoms with Gasteiger partial charge in [0.25, 0.3) is 0 Å². The topological polar surface area (TPSA) is 99.6 Å². The van der Waals surface area contributed by atoms with Gasteiger partial charge in [0.15, 0.2) is 0 Å². The lowest BCUT2D eigenvalue weighted by molar-refractivity contribution is -0.151. The van der Waals surface area contributed by atoms with Crippen molar-refractivity contribution in [2.24, 2.45) is 11.8 Å². The third-order valence-corrected chi connectivity index (χ3v) is 8.66. The van der Waals surface area contributed by atoms with E-state index in [2.05, 4.69) is 0 Å². The number of amides is 3. The number of hydrogen-bond donors (Lipinski definition) is 1. The molecule has 2 aromatic rings. The smallest absolute Gasteiger partial charge is 0.249 e. The average molecular weight is 558 g/mol. The fourth-order valence-electron chi connectivity index (χ4n) is 6.98. The third kappa shape index (κ3) is 4.35. The van der Waals surface area contributed by atoms with Crippen LogP contribution in [0.5, 0.6) is 5.75 Å². The molecule has 4 aliphatic rings. The number of ether oxygens (including phenoxy) is 2. The van der Waals surface area contributed by atoms with Crippen LogP contribution in [0.4, 0.5) is 5.69 Å². The number of benzene rings is 2. The van der Waals surface area contributed by atoms with Gasteiger partial charge in [-0.15, -0.1) is 0 Å². The second-order valence-corrected chi connectivity index (χ2v) is 11.1. The number of aliphatic hydroxyl groups excluding tert-OH is 1. The lowest BCUT2D eigenvalue weighted by Gasteiger charge is -2.37. The van der Waals surface area contributed by atoms with Crippen molar-refractivity contribution < 1.29 is 29.0 Å². The molecule has 2 saturated heterocycles. The highest BCUT2D eigenvalue weighted by Crippen LogP contribution is 2.57. The van der Waals surface area contributed by atoms with Gasteiger partial charge in [-0.05, 0) is 43.7 Å². The molecule has 0 radical (unpaired) electrons. The number of aliphatic hydroxyl groups is 1. The monoisotopic (exact) mass is 557 g/mol. The molecule has 4 aliphatic heterocycles. The normalized spacial score (nSPS) is 30.7. The molecular weight excluding hydrogens is 522 g/mol. The molecule has 6 rings (SSSR count). The second kappa shape index (κ2) is 10.5. The van der Waals surface area contributed by atoms with E-state index in [1.165, 1.54) is 4.90 Å². The van der Waals surface area contributed by atoms with Crippen molar-refractivity contribution >= 4 is 23.4 Å². The lowest BCUT2D eigenvalue weighted by atomic mass is 9.74. The summed E-state index contributed by atoms with van der Waals surface area (Å²) in [5, 5.41) is 9.91. The van der Waals surface area contributed by atoms with Crippen LogP contribution >= 0.6 is 0 Å². The van der Waals surface area contributed by atoms with E-state index in [9.17, 15) is 19.5 Å². The Morgan fingerprint density at radius 1 is 0.927 bits per heavy atom. The van der Waals surface area contributed by atoms with Crippen molar-refractivity contribution in [2.75, 3.05) is 37.7 Å². The van der Waals surface area contributed by atoms with Crippen LogP contribution in [0.1, 0.15) is 19.4 Å². The lowest BCUT2D eigenvalue weighted by Crippen LogP contribution is -2.56. The first kappa shape index (κ1) is 27.2. The number of anilines is 1. The molecule has 41 heavy (non-hydrogen) atoms. The van der Waals surface area contributed by atoms with Crippen LogP contribution in [0.2, 0.25) is 0 Å². The maximum atomic E-state index is 14.4. The van der Waals surface area contributed by atoms with Crippen LogP contribution in [-0.4, -0.2) is 82.7 Å². The standard InChI is InChI=1S/C32H35N3O6/c1-3-40-24-13-11-23(12-14-24)34-18-7-15-31(2)25(28(34)37)26-29(38)35(19-20-36)27-30(39)33(17-8-16-32(26,27)41-31)21-22-9-5-4-6-10-22/h4-16,25-27,36H,3,17-21H2,1-2H3/t25-,26+,27?,31+,32+/m1/s1. The Morgan fingerprint density at radius 3 is 2.37 bits per heavy atom. The number of carbonyl (C=O) groups is 3. The molecule has 9 nitrogen and oxygen atoms in total. The summed E-state index contributed by atoms with van der Waals surface area (Å²) in [6.07, 6.45) is 7.45. The van der Waals surface area contributed by atoms with Crippen molar-refractivity contribution in [2.45, 2.75) is 37.6 Å². The van der Waals surface area contributed by atoms with Crippen molar-refractivity contribution in [1.29, 1.82) is 0 Å². The minimum absolute atomic E-state index is 0.0278. The van der Waals surface area contributed by atoms with E-state index in [0.717, 1.165) is 5.56 Å². The number of likely N-dealkylation sites (tertiary alicyclic amines) is 1. The summed E-state index contributed by atoms with van der Waals surface area (Å²) in [5.74, 6) is -1.95. The van der Waals surface area contributed by atoms with Gasteiger partial charge in [0, 0.05) is 31.9 Å². The molecule has 0 aliphatic carbocycles. The highest BCUT2D eigenvalue weighted by Gasteiger charge is 2.74. The van der Waals surface area contributed by atoms with Gasteiger partial charge >= 0.3 is 0 Å². The van der Waals surface area contributed by atoms with Crippen LogP contribution in [0.15, 0.2) is 78.9 Å². The molecule has 214 valence electrons. The number of nitrogens with zero attached hydrogens (tertiary/aromatic N) is 3. The summed E-state index contributed by atoms with van der Waals surface area (Å²) in [6, 6.07) is 16.0. The van der Waals surface area contributed by atoms with Gasteiger partial charge in [-0.3, -0.25) is 14.4 Å². The summed E-state index contributed by atoms with van der Waals surface area (Å²) < 4.78 is 12.4. The van der Waals surface area contributed by atoms with Gasteiger partial charge in [-0.2, -0.15) is 0 Å². The van der Waals surface area contributed by atoms with Crippen LogP contribution in [0.3, 0.4) is 0 Å². The number of rotatable bonds is 7. The first-order chi connectivity index (χ1) is 19.8. The summed E-state index contributed by atoms with van der Waals surface area (Å²) in [7, 11) is 0. The minimum atomic E-state index is -1.35. The second-order valence-electron chi connectivity index (χ2n) is 11.1. The zero-order valence-electron chi connectivity index (χ0n) is 23.3. The molecule has 4 heterocycles. The quantitative estimate of drug-likeness (QED) is 0.526. The molecule has 9 heteroatoms. The molecular formula is C32H35N3O6. The van der Waals surface area contributed by atoms with Gasteiger partial charge in [-0.1, -0.05) is 54.6 Å². The van der Waals surface area contributed by atoms with Crippen molar-refractivity contribution in [3.05, 3.63) is 84.5 Å². The Bertz CT molecular complexity index is 1390. The van der Waals surface area contributed by atoms with E-state index in [1.807, 2.05) is 92.7 Å². The highest BCUT2D eigenvalue weighted by molar-refractivity contribution is 6.04. The summed E-state index contributed by atoms with van der Waals surface area (Å²) >= 11 is 0. The SMILES string of the molecule is CCOc1ccc(N2CC=C[C@]3(C)O[C@]45C=CCN(Cc6ccccc6)C(=O)C4N(CCO)C(=O)[C@@H]5[C@@H]3C2=O)cc1. The predicted molar refractivity (Wildman–Crippen MR) is 152 cm³/mol. The van der Waals surface area contributed by atoms with Crippen molar-refractivity contribution in [1.82, 2.24) is 9.80 Å². The van der Waals surface area contributed by atoms with Gasteiger partial charge in [0.05, 0.1) is 30.7 Å². The summed E-state index contributed by atoms with van der Waals surface area (Å²) in [4.78, 5) is 47.6.